The van der Waals surface area contributed by atoms with Crippen LogP contribution in [0.2, 0.25) is 5.15 Å². The zero-order valence-electron chi connectivity index (χ0n) is 18.3. The van der Waals surface area contributed by atoms with E-state index in [-0.39, 0.29) is 22.4 Å². The van der Waals surface area contributed by atoms with Crippen LogP contribution < -0.4 is 16.2 Å². The molecule has 0 spiro atoms. The van der Waals surface area contributed by atoms with E-state index in [9.17, 15) is 14.0 Å². The molecular formula is C25H22ClFN4O2. The van der Waals surface area contributed by atoms with Crippen molar-refractivity contribution in [3.8, 4) is 11.1 Å². The molecule has 6 nitrogen and oxygen atoms in total. The standard InChI is InChI=1S/C25H22ClFN4O2/c1-14(2)31-22-12-23(26)28-13-16(22)10-19(24(31)32)18-11-21(20(27)9-15(18)3)30-25(33)29-17-7-5-4-6-8-17/h4-14H,1-3H3,(H2,29,30,33). The number of carbonyl (C=O) groups is 1. The van der Waals surface area contributed by atoms with Gasteiger partial charge in [-0.05, 0) is 68.3 Å². The summed E-state index contributed by atoms with van der Waals surface area (Å²) < 4.78 is 16.3. The van der Waals surface area contributed by atoms with Gasteiger partial charge in [-0.3, -0.25) is 4.79 Å². The number of nitrogens with zero attached hydrogens (tertiary/aromatic N) is 2. The van der Waals surface area contributed by atoms with E-state index in [0.717, 1.165) is 5.39 Å². The minimum Gasteiger partial charge on any atom is -0.308 e. The molecule has 0 aliphatic carbocycles. The van der Waals surface area contributed by atoms with E-state index in [2.05, 4.69) is 15.6 Å². The number of fused-ring (bicyclic) bond motifs is 1. The van der Waals surface area contributed by atoms with Crippen LogP contribution in [0.1, 0.15) is 25.5 Å². The van der Waals surface area contributed by atoms with Gasteiger partial charge in [-0.2, -0.15) is 0 Å². The van der Waals surface area contributed by atoms with Crippen LogP contribution in [0.5, 0.6) is 0 Å². The molecule has 2 amide bonds. The minimum atomic E-state index is -0.599. The Morgan fingerprint density at radius 1 is 1.06 bits per heavy atom. The first-order valence-electron chi connectivity index (χ1n) is 10.4. The monoisotopic (exact) mass is 464 g/mol. The molecule has 0 aliphatic heterocycles. The van der Waals surface area contributed by atoms with Crippen molar-refractivity contribution < 1.29 is 9.18 Å². The van der Waals surface area contributed by atoms with E-state index in [1.807, 2.05) is 19.9 Å². The molecule has 8 heteroatoms. The molecular weight excluding hydrogens is 443 g/mol. The van der Waals surface area contributed by atoms with Crippen LogP contribution >= 0.6 is 11.6 Å². The fraction of sp³-hybridized carbons (Fsp3) is 0.160. The number of amides is 2. The average molecular weight is 465 g/mol. The van der Waals surface area contributed by atoms with Crippen molar-refractivity contribution in [1.82, 2.24) is 9.55 Å². The normalized spacial score (nSPS) is 11.1. The smallest absolute Gasteiger partial charge is 0.308 e. The second kappa shape index (κ2) is 9.03. The van der Waals surface area contributed by atoms with Crippen molar-refractivity contribution in [2.75, 3.05) is 10.6 Å². The highest BCUT2D eigenvalue weighted by molar-refractivity contribution is 6.30. The highest BCUT2D eigenvalue weighted by atomic mass is 35.5. The van der Waals surface area contributed by atoms with Crippen LogP contribution in [-0.4, -0.2) is 15.6 Å². The lowest BCUT2D eigenvalue weighted by Gasteiger charge is -2.18. The number of pyridine rings is 2. The van der Waals surface area contributed by atoms with E-state index in [0.29, 0.717) is 27.9 Å². The number of hydrogen-bond donors (Lipinski definition) is 2. The lowest BCUT2D eigenvalue weighted by molar-refractivity contribution is 0.262. The molecule has 2 heterocycles. The lowest BCUT2D eigenvalue weighted by atomic mass is 9.99. The number of aryl methyl sites for hydroxylation is 1. The first-order valence-corrected chi connectivity index (χ1v) is 10.8. The van der Waals surface area contributed by atoms with Gasteiger partial charge in [-0.25, -0.2) is 14.2 Å². The molecule has 33 heavy (non-hydrogen) atoms. The second-order valence-corrected chi connectivity index (χ2v) is 8.37. The van der Waals surface area contributed by atoms with Crippen LogP contribution in [0.3, 0.4) is 0 Å². The van der Waals surface area contributed by atoms with Crippen LogP contribution in [-0.2, 0) is 0 Å². The molecule has 0 saturated carbocycles. The van der Waals surface area contributed by atoms with Crippen molar-refractivity contribution >= 4 is 39.9 Å². The Hall–Kier alpha value is -3.71. The van der Waals surface area contributed by atoms with Gasteiger partial charge in [0.1, 0.15) is 11.0 Å². The van der Waals surface area contributed by atoms with Gasteiger partial charge >= 0.3 is 6.03 Å². The lowest BCUT2D eigenvalue weighted by Crippen LogP contribution is -2.24. The molecule has 0 bridgehead atoms. The summed E-state index contributed by atoms with van der Waals surface area (Å²) in [4.78, 5) is 30.0. The number of carbonyl (C=O) groups excluding carboxylic acids is 1. The molecule has 4 rings (SSSR count). The van der Waals surface area contributed by atoms with Gasteiger partial charge in [0.05, 0.1) is 11.2 Å². The topological polar surface area (TPSA) is 76.0 Å². The zero-order valence-corrected chi connectivity index (χ0v) is 19.1. The minimum absolute atomic E-state index is 0.0335. The predicted octanol–water partition coefficient (Wildman–Crippen LogP) is 6.39. The molecule has 0 radical (unpaired) electrons. The molecule has 2 N–H and O–H groups in total. The summed E-state index contributed by atoms with van der Waals surface area (Å²) in [7, 11) is 0. The third-order valence-corrected chi connectivity index (χ3v) is 5.49. The maximum absolute atomic E-state index is 14.7. The SMILES string of the molecule is Cc1cc(F)c(NC(=O)Nc2ccccc2)cc1-c1cc2cnc(Cl)cc2n(C(C)C)c1=O. The number of urea groups is 1. The van der Waals surface area contributed by atoms with Gasteiger partial charge < -0.3 is 15.2 Å². The van der Waals surface area contributed by atoms with Gasteiger partial charge in [0.2, 0.25) is 0 Å². The number of rotatable bonds is 4. The fourth-order valence-corrected chi connectivity index (χ4v) is 3.93. The summed E-state index contributed by atoms with van der Waals surface area (Å²) in [6.07, 6.45) is 1.60. The molecule has 0 atom stereocenters. The molecule has 0 aliphatic rings. The number of halogens is 2. The van der Waals surface area contributed by atoms with E-state index in [1.165, 1.54) is 12.1 Å². The molecule has 2 aromatic carbocycles. The third-order valence-electron chi connectivity index (χ3n) is 5.29. The molecule has 0 unspecified atom stereocenters. The molecule has 0 fully saturated rings. The number of para-hydroxylation sites is 1. The Bertz CT molecular complexity index is 1420. The highest BCUT2D eigenvalue weighted by Crippen LogP contribution is 2.30. The van der Waals surface area contributed by atoms with Gasteiger partial charge in [-0.15, -0.1) is 0 Å². The van der Waals surface area contributed by atoms with Crippen LogP contribution in [0.25, 0.3) is 22.0 Å². The second-order valence-electron chi connectivity index (χ2n) is 7.98. The maximum Gasteiger partial charge on any atom is 0.323 e. The number of hydrogen-bond acceptors (Lipinski definition) is 3. The summed E-state index contributed by atoms with van der Waals surface area (Å²) in [5, 5.41) is 6.20. The predicted molar refractivity (Wildman–Crippen MR) is 131 cm³/mol. The summed E-state index contributed by atoms with van der Waals surface area (Å²) in [6.45, 7) is 5.52. The summed E-state index contributed by atoms with van der Waals surface area (Å²) in [6, 6.07) is 14.2. The first-order chi connectivity index (χ1) is 15.7. The number of anilines is 2. The zero-order chi connectivity index (χ0) is 23.7. The van der Waals surface area contributed by atoms with Crippen molar-refractivity contribution in [3.63, 3.8) is 0 Å². The van der Waals surface area contributed by atoms with E-state index in [4.69, 9.17) is 11.6 Å². The van der Waals surface area contributed by atoms with E-state index in [1.54, 1.807) is 54.1 Å². The summed E-state index contributed by atoms with van der Waals surface area (Å²) >= 11 is 6.06. The van der Waals surface area contributed by atoms with Crippen LogP contribution in [0.15, 0.2) is 65.6 Å². The Balaban J connectivity index is 1.80. The van der Waals surface area contributed by atoms with Crippen molar-refractivity contribution in [2.24, 2.45) is 0 Å². The number of benzene rings is 2. The Morgan fingerprint density at radius 2 is 1.79 bits per heavy atom. The van der Waals surface area contributed by atoms with Crippen molar-refractivity contribution in [2.45, 2.75) is 26.8 Å². The first kappa shape index (κ1) is 22.5. The van der Waals surface area contributed by atoms with Crippen LogP contribution in [0, 0.1) is 12.7 Å². The van der Waals surface area contributed by atoms with Gasteiger partial charge in [-0.1, -0.05) is 29.8 Å². The van der Waals surface area contributed by atoms with Crippen LogP contribution in [0.4, 0.5) is 20.6 Å². The molecule has 2 aromatic heterocycles. The van der Waals surface area contributed by atoms with Gasteiger partial charge in [0.25, 0.3) is 5.56 Å². The number of nitrogens with one attached hydrogen (secondary N) is 2. The van der Waals surface area contributed by atoms with E-state index >= 15 is 0 Å². The average Bonchev–Trinajstić information content (AvgIpc) is 2.76. The fourth-order valence-electron chi connectivity index (χ4n) is 3.78. The summed E-state index contributed by atoms with van der Waals surface area (Å²) in [5.41, 5.74) is 2.42. The van der Waals surface area contributed by atoms with Gasteiger partial charge in [0, 0.05) is 28.9 Å². The maximum atomic E-state index is 14.7. The van der Waals surface area contributed by atoms with Crippen molar-refractivity contribution in [3.05, 3.63) is 87.7 Å². The highest BCUT2D eigenvalue weighted by Gasteiger charge is 2.18. The Kier molecular flexibility index (Phi) is 6.16. The molecule has 0 saturated heterocycles. The number of aromatic nitrogens is 2. The molecule has 4 aromatic rings. The molecule has 168 valence electrons. The summed E-state index contributed by atoms with van der Waals surface area (Å²) in [5.74, 6) is -0.599. The van der Waals surface area contributed by atoms with Gasteiger partial charge in [0.15, 0.2) is 0 Å². The third kappa shape index (κ3) is 4.59. The van der Waals surface area contributed by atoms with Crippen molar-refractivity contribution in [1.29, 1.82) is 0 Å². The Labute approximate surface area is 195 Å². The Morgan fingerprint density at radius 3 is 2.48 bits per heavy atom. The quantitative estimate of drug-likeness (QED) is 0.343. The largest absolute Gasteiger partial charge is 0.323 e. The van der Waals surface area contributed by atoms with E-state index < -0.39 is 11.8 Å².